The van der Waals surface area contributed by atoms with Gasteiger partial charge >= 0.3 is 0 Å². The second-order valence-corrected chi connectivity index (χ2v) is 9.25. The number of hydrogen-bond acceptors (Lipinski definition) is 4. The molecule has 1 aromatic carbocycles. The van der Waals surface area contributed by atoms with Crippen molar-refractivity contribution >= 4 is 15.7 Å². The van der Waals surface area contributed by atoms with Gasteiger partial charge in [0.2, 0.25) is 10.0 Å². The third-order valence-corrected chi connectivity index (χ3v) is 7.17. The number of sulfonamides is 1. The predicted molar refractivity (Wildman–Crippen MR) is 102 cm³/mol. The molecule has 0 radical (unpaired) electrons. The van der Waals surface area contributed by atoms with Crippen molar-refractivity contribution in [2.45, 2.75) is 50.5 Å². The molecule has 2 bridgehead atoms. The van der Waals surface area contributed by atoms with E-state index in [1.807, 2.05) is 18.2 Å². The minimum absolute atomic E-state index is 0.0214. The Morgan fingerprint density at radius 1 is 1.36 bits per heavy atom. The number of likely N-dealkylation sites (tertiary alicyclic amines) is 1. The summed E-state index contributed by atoms with van der Waals surface area (Å²) in [5.41, 5.74) is 2.17. The molecular weight excluding hydrogens is 336 g/mol. The van der Waals surface area contributed by atoms with E-state index < -0.39 is 10.0 Å². The average Bonchev–Trinajstić information content (AvgIpc) is 2.60. The number of benzene rings is 1. The summed E-state index contributed by atoms with van der Waals surface area (Å²) in [7, 11) is -1.85. The molecule has 1 saturated heterocycles. The fourth-order valence-corrected chi connectivity index (χ4v) is 5.54. The van der Waals surface area contributed by atoms with Gasteiger partial charge in [-0.2, -0.15) is 0 Å². The van der Waals surface area contributed by atoms with Crippen LogP contribution in [-0.2, 0) is 20.2 Å². The second-order valence-electron chi connectivity index (χ2n) is 7.40. The van der Waals surface area contributed by atoms with Crippen LogP contribution >= 0.6 is 0 Å². The van der Waals surface area contributed by atoms with Crippen molar-refractivity contribution in [3.05, 3.63) is 29.8 Å². The van der Waals surface area contributed by atoms with E-state index in [0.717, 1.165) is 19.5 Å². The second kappa shape index (κ2) is 7.64. The van der Waals surface area contributed by atoms with Crippen molar-refractivity contribution in [1.82, 2.24) is 4.90 Å². The summed E-state index contributed by atoms with van der Waals surface area (Å²) in [5, 5.41) is 0. The van der Waals surface area contributed by atoms with E-state index in [-0.39, 0.29) is 17.8 Å². The molecule has 2 unspecified atom stereocenters. The Balaban J connectivity index is 1.79. The summed E-state index contributed by atoms with van der Waals surface area (Å²) < 4.78 is 31.9. The Morgan fingerprint density at radius 3 is 2.96 bits per heavy atom. The summed E-state index contributed by atoms with van der Waals surface area (Å²) in [4.78, 5) is 2.61. The van der Waals surface area contributed by atoms with Crippen LogP contribution in [0.25, 0.3) is 0 Å². The number of fused-ring (bicyclic) bond motifs is 2. The van der Waals surface area contributed by atoms with Crippen LogP contribution < -0.4 is 4.72 Å². The highest BCUT2D eigenvalue weighted by molar-refractivity contribution is 7.92. The molecule has 3 rings (SSSR count). The van der Waals surface area contributed by atoms with Gasteiger partial charge in [0, 0.05) is 18.8 Å². The summed E-state index contributed by atoms with van der Waals surface area (Å²) >= 11 is 0. The zero-order valence-corrected chi connectivity index (χ0v) is 16.1. The number of nitrogens with one attached hydrogen (secondary N) is 1. The van der Waals surface area contributed by atoms with Crippen molar-refractivity contribution in [1.29, 1.82) is 0 Å². The lowest BCUT2D eigenvalue weighted by Gasteiger charge is -2.50. The lowest BCUT2D eigenvalue weighted by Crippen LogP contribution is -2.51. The third-order valence-electron chi connectivity index (χ3n) is 5.92. The van der Waals surface area contributed by atoms with Gasteiger partial charge < -0.3 is 9.64 Å². The van der Waals surface area contributed by atoms with Gasteiger partial charge in [-0.25, -0.2) is 8.42 Å². The first-order chi connectivity index (χ1) is 12.0. The maximum Gasteiger partial charge on any atom is 0.234 e. The van der Waals surface area contributed by atoms with E-state index in [4.69, 9.17) is 4.74 Å². The topological polar surface area (TPSA) is 58.6 Å². The predicted octanol–water partition coefficient (Wildman–Crippen LogP) is 2.98. The van der Waals surface area contributed by atoms with Crippen LogP contribution in [-0.4, -0.2) is 51.9 Å². The van der Waals surface area contributed by atoms with E-state index in [1.165, 1.54) is 38.4 Å². The molecule has 5 nitrogen and oxygen atoms in total. The monoisotopic (exact) mass is 366 g/mol. The van der Waals surface area contributed by atoms with Gasteiger partial charge in [-0.1, -0.05) is 25.5 Å². The first kappa shape index (κ1) is 18.7. The van der Waals surface area contributed by atoms with Crippen molar-refractivity contribution in [2.24, 2.45) is 0 Å². The molecule has 2 fully saturated rings. The summed E-state index contributed by atoms with van der Waals surface area (Å²) in [6.07, 6.45) is 6.11. The number of piperidine rings is 1. The standard InChI is InChI=1S/C19H30N2O3S/c1-3-21-11-10-19(9-5-8-18(21)15-19)16-6-4-7-17(14-16)20-25(22,23)13-12-24-2/h4,6-7,14,18,20H,3,5,8-13,15H2,1-2H3. The first-order valence-electron chi connectivity index (χ1n) is 9.32. The van der Waals surface area contributed by atoms with E-state index in [2.05, 4.69) is 22.6 Å². The van der Waals surface area contributed by atoms with Gasteiger partial charge in [0.05, 0.1) is 12.4 Å². The Labute approximate surface area is 151 Å². The van der Waals surface area contributed by atoms with Gasteiger partial charge in [0.1, 0.15) is 0 Å². The molecule has 0 aromatic heterocycles. The number of anilines is 1. The molecule has 2 atom stereocenters. The Kier molecular flexibility index (Phi) is 5.71. The fourth-order valence-electron chi connectivity index (χ4n) is 4.57. The highest BCUT2D eigenvalue weighted by atomic mass is 32.2. The van der Waals surface area contributed by atoms with E-state index in [1.54, 1.807) is 0 Å². The number of rotatable bonds is 7. The summed E-state index contributed by atoms with van der Waals surface area (Å²) in [6.45, 7) is 4.72. The normalized spacial score (nSPS) is 27.2. The number of nitrogens with zero attached hydrogens (tertiary/aromatic N) is 1. The Morgan fingerprint density at radius 2 is 2.20 bits per heavy atom. The van der Waals surface area contributed by atoms with Crippen LogP contribution in [0.3, 0.4) is 0 Å². The largest absolute Gasteiger partial charge is 0.384 e. The van der Waals surface area contributed by atoms with E-state index >= 15 is 0 Å². The molecule has 1 saturated carbocycles. The highest BCUT2D eigenvalue weighted by Crippen LogP contribution is 2.47. The summed E-state index contributed by atoms with van der Waals surface area (Å²) in [6, 6.07) is 8.72. The first-order valence-corrected chi connectivity index (χ1v) is 11.0. The van der Waals surface area contributed by atoms with Crippen molar-refractivity contribution in [2.75, 3.05) is 37.3 Å². The molecule has 1 aliphatic heterocycles. The maximum atomic E-state index is 12.1. The third kappa shape index (κ3) is 4.18. The van der Waals surface area contributed by atoms with Gasteiger partial charge in [0.15, 0.2) is 0 Å². The number of hydrogen-bond donors (Lipinski definition) is 1. The number of ether oxygens (including phenoxy) is 1. The Bertz CT molecular complexity index is 692. The van der Waals surface area contributed by atoms with Gasteiger partial charge in [-0.05, 0) is 61.9 Å². The van der Waals surface area contributed by atoms with Crippen molar-refractivity contribution in [3.8, 4) is 0 Å². The van der Waals surface area contributed by atoms with Crippen LogP contribution in [0.2, 0.25) is 0 Å². The molecule has 2 aliphatic rings. The highest BCUT2D eigenvalue weighted by Gasteiger charge is 2.43. The van der Waals surface area contributed by atoms with Crippen LogP contribution in [0.4, 0.5) is 5.69 Å². The zero-order chi connectivity index (χ0) is 17.9. The quantitative estimate of drug-likeness (QED) is 0.806. The molecule has 1 N–H and O–H groups in total. The van der Waals surface area contributed by atoms with Crippen LogP contribution in [0.5, 0.6) is 0 Å². The smallest absolute Gasteiger partial charge is 0.234 e. The minimum Gasteiger partial charge on any atom is -0.384 e. The number of methoxy groups -OCH3 is 1. The lowest BCUT2D eigenvalue weighted by atomic mass is 9.63. The van der Waals surface area contributed by atoms with Crippen LogP contribution in [0, 0.1) is 0 Å². The molecule has 0 spiro atoms. The van der Waals surface area contributed by atoms with Crippen LogP contribution in [0.15, 0.2) is 24.3 Å². The summed E-state index contributed by atoms with van der Waals surface area (Å²) in [5.74, 6) is -0.0214. The van der Waals surface area contributed by atoms with E-state index in [9.17, 15) is 8.42 Å². The molecule has 6 heteroatoms. The SMILES string of the molecule is CCN1CCC2(c3cccc(NS(=O)(=O)CCOC)c3)CCCC1C2. The molecule has 1 aliphatic carbocycles. The zero-order valence-electron chi connectivity index (χ0n) is 15.3. The molecule has 140 valence electrons. The maximum absolute atomic E-state index is 12.1. The average molecular weight is 367 g/mol. The Hall–Kier alpha value is -1.11. The lowest BCUT2D eigenvalue weighted by molar-refractivity contribution is 0.0558. The molecule has 1 heterocycles. The van der Waals surface area contributed by atoms with Gasteiger partial charge in [0.25, 0.3) is 0 Å². The van der Waals surface area contributed by atoms with Crippen molar-refractivity contribution < 1.29 is 13.2 Å². The molecule has 1 aromatic rings. The van der Waals surface area contributed by atoms with Crippen LogP contribution in [0.1, 0.15) is 44.6 Å². The molecular formula is C19H30N2O3S. The van der Waals surface area contributed by atoms with Gasteiger partial charge in [-0.15, -0.1) is 0 Å². The molecule has 25 heavy (non-hydrogen) atoms. The minimum atomic E-state index is -3.36. The molecule has 0 amide bonds. The van der Waals surface area contributed by atoms with Crippen molar-refractivity contribution in [3.63, 3.8) is 0 Å². The van der Waals surface area contributed by atoms with E-state index in [0.29, 0.717) is 11.7 Å². The fraction of sp³-hybridized carbons (Fsp3) is 0.684. The van der Waals surface area contributed by atoms with Gasteiger partial charge in [-0.3, -0.25) is 4.72 Å².